The van der Waals surface area contributed by atoms with Gasteiger partial charge in [0, 0.05) is 11.8 Å². The molecule has 1 aliphatic carbocycles. The first-order valence-corrected chi connectivity index (χ1v) is 11.5. The number of nitrogens with zero attached hydrogens (tertiary/aromatic N) is 1. The van der Waals surface area contributed by atoms with E-state index in [1.54, 1.807) is 0 Å². The van der Waals surface area contributed by atoms with Gasteiger partial charge in [-0.05, 0) is 73.4 Å². The number of unbranched alkanes of at least 4 members (excludes halogenated alkanes) is 2. The summed E-state index contributed by atoms with van der Waals surface area (Å²) in [4.78, 5) is 4.72. The van der Waals surface area contributed by atoms with E-state index in [0.29, 0.717) is 0 Å². The lowest BCUT2D eigenvalue weighted by molar-refractivity contribution is 0.250. The second kappa shape index (κ2) is 11.2. The third-order valence-electron chi connectivity index (χ3n) is 6.30. The van der Waals surface area contributed by atoms with E-state index in [1.807, 2.05) is 0 Å². The number of hydrogen-bond donors (Lipinski definition) is 0. The Morgan fingerprint density at radius 3 is 2.50 bits per heavy atom. The molecule has 152 valence electrons. The Morgan fingerprint density at radius 1 is 0.964 bits per heavy atom. The van der Waals surface area contributed by atoms with Crippen molar-refractivity contribution in [3.05, 3.63) is 48.2 Å². The van der Waals surface area contributed by atoms with E-state index in [0.717, 1.165) is 41.9 Å². The summed E-state index contributed by atoms with van der Waals surface area (Å²) in [5.41, 5.74) is 3.58. The highest BCUT2D eigenvalue weighted by Crippen LogP contribution is 2.33. The SMILES string of the molecule is CCCCCOc1ccc(-c2ccc(CCC3CCCC(CC)C3)cn2)cc1. The van der Waals surface area contributed by atoms with Gasteiger partial charge in [0.05, 0.1) is 12.3 Å². The summed E-state index contributed by atoms with van der Waals surface area (Å²) < 4.78 is 5.80. The summed E-state index contributed by atoms with van der Waals surface area (Å²) in [7, 11) is 0. The van der Waals surface area contributed by atoms with Crippen molar-refractivity contribution >= 4 is 0 Å². The van der Waals surface area contributed by atoms with Gasteiger partial charge in [0.15, 0.2) is 0 Å². The minimum atomic E-state index is 0.806. The second-order valence-electron chi connectivity index (χ2n) is 8.48. The fraction of sp³-hybridized carbons (Fsp3) is 0.577. The first-order valence-electron chi connectivity index (χ1n) is 11.5. The van der Waals surface area contributed by atoms with Gasteiger partial charge in [0.25, 0.3) is 0 Å². The highest BCUT2D eigenvalue weighted by atomic mass is 16.5. The maximum Gasteiger partial charge on any atom is 0.119 e. The zero-order valence-electron chi connectivity index (χ0n) is 17.8. The van der Waals surface area contributed by atoms with Gasteiger partial charge in [-0.2, -0.15) is 0 Å². The maximum absolute atomic E-state index is 5.80. The Balaban J connectivity index is 1.48. The molecule has 0 spiro atoms. The van der Waals surface area contributed by atoms with Gasteiger partial charge < -0.3 is 4.74 Å². The topological polar surface area (TPSA) is 22.1 Å². The molecule has 2 heteroatoms. The molecule has 28 heavy (non-hydrogen) atoms. The summed E-state index contributed by atoms with van der Waals surface area (Å²) in [6.45, 7) is 5.37. The molecule has 0 bridgehead atoms. The van der Waals surface area contributed by atoms with Crippen LogP contribution in [0.4, 0.5) is 0 Å². The molecule has 1 aromatic heterocycles. The Bertz CT molecular complexity index is 677. The van der Waals surface area contributed by atoms with E-state index >= 15 is 0 Å². The summed E-state index contributed by atoms with van der Waals surface area (Å²) in [5.74, 6) is 2.84. The Kier molecular flexibility index (Phi) is 8.39. The normalized spacial score (nSPS) is 19.5. The molecule has 0 radical (unpaired) electrons. The minimum absolute atomic E-state index is 0.806. The van der Waals surface area contributed by atoms with Gasteiger partial charge >= 0.3 is 0 Å². The molecule has 1 aliphatic rings. The molecular formula is C26H37NO. The minimum Gasteiger partial charge on any atom is -0.494 e. The molecule has 2 nitrogen and oxygen atoms in total. The van der Waals surface area contributed by atoms with Crippen molar-refractivity contribution in [3.63, 3.8) is 0 Å². The van der Waals surface area contributed by atoms with Gasteiger partial charge in [-0.25, -0.2) is 0 Å². The third-order valence-corrected chi connectivity index (χ3v) is 6.30. The first-order chi connectivity index (χ1) is 13.8. The quantitative estimate of drug-likeness (QED) is 0.399. The molecule has 1 fully saturated rings. The zero-order valence-corrected chi connectivity index (χ0v) is 17.8. The van der Waals surface area contributed by atoms with Crippen LogP contribution in [-0.2, 0) is 6.42 Å². The highest BCUT2D eigenvalue weighted by molar-refractivity contribution is 5.60. The van der Waals surface area contributed by atoms with E-state index in [9.17, 15) is 0 Å². The smallest absolute Gasteiger partial charge is 0.119 e. The van der Waals surface area contributed by atoms with Crippen molar-refractivity contribution in [1.29, 1.82) is 0 Å². The van der Waals surface area contributed by atoms with Crippen LogP contribution in [0.5, 0.6) is 5.75 Å². The standard InChI is InChI=1S/C26H37NO/c1-3-5-6-18-28-25-15-13-24(14-16-25)26-17-12-23(20-27-26)11-10-22-9-7-8-21(4-2)19-22/h12-17,20-22H,3-11,18-19H2,1-2H3. The number of hydrogen-bond acceptors (Lipinski definition) is 2. The first kappa shape index (κ1) is 20.9. The van der Waals surface area contributed by atoms with Crippen LogP contribution in [0.25, 0.3) is 11.3 Å². The van der Waals surface area contributed by atoms with Crippen LogP contribution >= 0.6 is 0 Å². The molecular weight excluding hydrogens is 342 g/mol. The Morgan fingerprint density at radius 2 is 1.79 bits per heavy atom. The maximum atomic E-state index is 5.80. The molecule has 1 saturated carbocycles. The molecule has 0 amide bonds. The number of ether oxygens (including phenoxy) is 1. The lowest BCUT2D eigenvalue weighted by Crippen LogP contribution is -2.15. The molecule has 2 aromatic rings. The van der Waals surface area contributed by atoms with Crippen molar-refractivity contribution < 1.29 is 4.74 Å². The van der Waals surface area contributed by atoms with E-state index in [1.165, 1.54) is 63.4 Å². The molecule has 2 unspecified atom stereocenters. The summed E-state index contributed by atoms with van der Waals surface area (Å²) in [6, 6.07) is 12.8. The van der Waals surface area contributed by atoms with E-state index in [4.69, 9.17) is 9.72 Å². The zero-order chi connectivity index (χ0) is 19.6. The Hall–Kier alpha value is -1.83. The average Bonchev–Trinajstić information content (AvgIpc) is 2.76. The molecule has 1 heterocycles. The van der Waals surface area contributed by atoms with Crippen LogP contribution < -0.4 is 4.74 Å². The molecule has 3 rings (SSSR count). The number of aromatic nitrogens is 1. The predicted molar refractivity (Wildman–Crippen MR) is 119 cm³/mol. The molecule has 1 aromatic carbocycles. The number of benzene rings is 1. The fourth-order valence-electron chi connectivity index (χ4n) is 4.41. The largest absolute Gasteiger partial charge is 0.494 e. The second-order valence-corrected chi connectivity index (χ2v) is 8.48. The van der Waals surface area contributed by atoms with Crippen LogP contribution in [0.1, 0.15) is 77.2 Å². The van der Waals surface area contributed by atoms with Crippen LogP contribution in [-0.4, -0.2) is 11.6 Å². The average molecular weight is 380 g/mol. The van der Waals surface area contributed by atoms with E-state index in [-0.39, 0.29) is 0 Å². The van der Waals surface area contributed by atoms with Crippen molar-refractivity contribution in [2.45, 2.75) is 78.1 Å². The molecule has 0 saturated heterocycles. The monoisotopic (exact) mass is 379 g/mol. The Labute approximate surface area is 171 Å². The van der Waals surface area contributed by atoms with E-state index < -0.39 is 0 Å². The summed E-state index contributed by atoms with van der Waals surface area (Å²) >= 11 is 0. The van der Waals surface area contributed by atoms with Crippen molar-refractivity contribution in [1.82, 2.24) is 4.98 Å². The number of pyridine rings is 1. The van der Waals surface area contributed by atoms with E-state index in [2.05, 4.69) is 56.4 Å². The van der Waals surface area contributed by atoms with Gasteiger partial charge in [-0.3, -0.25) is 4.98 Å². The van der Waals surface area contributed by atoms with Gasteiger partial charge in [0.1, 0.15) is 5.75 Å². The molecule has 0 N–H and O–H groups in total. The van der Waals surface area contributed by atoms with Crippen molar-refractivity contribution in [2.24, 2.45) is 11.8 Å². The van der Waals surface area contributed by atoms with Crippen LogP contribution in [0.15, 0.2) is 42.6 Å². The molecule has 0 aliphatic heterocycles. The fourth-order valence-corrected chi connectivity index (χ4v) is 4.41. The third kappa shape index (κ3) is 6.36. The number of rotatable bonds is 10. The van der Waals surface area contributed by atoms with Crippen LogP contribution in [0.2, 0.25) is 0 Å². The lowest BCUT2D eigenvalue weighted by Gasteiger charge is -2.28. The van der Waals surface area contributed by atoms with Crippen molar-refractivity contribution in [2.75, 3.05) is 6.61 Å². The van der Waals surface area contributed by atoms with Gasteiger partial charge in [0.2, 0.25) is 0 Å². The summed E-state index contributed by atoms with van der Waals surface area (Å²) in [5, 5.41) is 0. The van der Waals surface area contributed by atoms with Crippen molar-refractivity contribution in [3.8, 4) is 17.0 Å². The highest BCUT2D eigenvalue weighted by Gasteiger charge is 2.20. The predicted octanol–water partition coefficient (Wildman–Crippen LogP) is 7.47. The van der Waals surface area contributed by atoms with Crippen LogP contribution in [0, 0.1) is 11.8 Å². The summed E-state index contributed by atoms with van der Waals surface area (Å²) in [6.07, 6.45) is 15.2. The lowest BCUT2D eigenvalue weighted by atomic mass is 9.78. The van der Waals surface area contributed by atoms with Crippen LogP contribution in [0.3, 0.4) is 0 Å². The number of aryl methyl sites for hydroxylation is 1. The van der Waals surface area contributed by atoms with Gasteiger partial charge in [-0.15, -0.1) is 0 Å². The van der Waals surface area contributed by atoms with Gasteiger partial charge in [-0.1, -0.05) is 58.4 Å². The molecule has 2 atom stereocenters.